The van der Waals surface area contributed by atoms with Crippen molar-refractivity contribution in [2.45, 2.75) is 13.5 Å². The summed E-state index contributed by atoms with van der Waals surface area (Å²) in [7, 11) is 0. The fourth-order valence-electron chi connectivity index (χ4n) is 1.91. The van der Waals surface area contributed by atoms with Crippen molar-refractivity contribution < 1.29 is 9.90 Å². The number of carboxylic acid groups (broad SMARTS) is 1. The summed E-state index contributed by atoms with van der Waals surface area (Å²) in [5.41, 5.74) is -0.265. The molecule has 0 bridgehead atoms. The smallest absolute Gasteiger partial charge is 0.341 e. The van der Waals surface area contributed by atoms with Crippen LogP contribution in [0.5, 0.6) is 0 Å². The highest BCUT2D eigenvalue weighted by atomic mass is 35.5. The van der Waals surface area contributed by atoms with Gasteiger partial charge in [0.15, 0.2) is 0 Å². The second-order valence-electron chi connectivity index (χ2n) is 3.92. The molecule has 0 aliphatic rings. The van der Waals surface area contributed by atoms with E-state index in [1.807, 2.05) is 13.0 Å². The third-order valence-corrected chi connectivity index (χ3v) is 3.17. The van der Waals surface area contributed by atoms with Gasteiger partial charge in [0.25, 0.3) is 0 Å². The molecule has 19 heavy (non-hydrogen) atoms. The van der Waals surface area contributed by atoms with Gasteiger partial charge in [0, 0.05) is 18.1 Å². The summed E-state index contributed by atoms with van der Waals surface area (Å²) in [6.45, 7) is 2.31. The molecule has 0 atom stereocenters. The number of carbonyl (C=O) groups is 1. The second kappa shape index (κ2) is 4.75. The number of aryl methyl sites for hydroxylation is 1. The molecular weight excluding hydrogens is 268 g/mol. The van der Waals surface area contributed by atoms with Crippen molar-refractivity contribution >= 4 is 28.5 Å². The largest absolute Gasteiger partial charge is 0.477 e. The Morgan fingerprint density at radius 2 is 2.21 bits per heavy atom. The maximum Gasteiger partial charge on any atom is 0.341 e. The summed E-state index contributed by atoms with van der Waals surface area (Å²) in [5, 5.41) is 18.4. The van der Waals surface area contributed by atoms with Gasteiger partial charge < -0.3 is 9.67 Å². The third-order valence-electron chi connectivity index (χ3n) is 2.86. The Balaban J connectivity index is 3.01. The molecule has 1 aromatic heterocycles. The number of nitrogens with zero attached hydrogens (tertiary/aromatic N) is 2. The number of benzene rings is 1. The quantitative estimate of drug-likeness (QED) is 0.912. The lowest BCUT2D eigenvalue weighted by Gasteiger charge is -2.10. The molecule has 0 spiro atoms. The molecule has 6 heteroatoms. The normalized spacial score (nSPS) is 10.4. The van der Waals surface area contributed by atoms with Crippen molar-refractivity contribution in [2.24, 2.45) is 0 Å². The number of carboxylic acids is 1. The summed E-state index contributed by atoms with van der Waals surface area (Å²) >= 11 is 5.93. The second-order valence-corrected chi connectivity index (χ2v) is 4.33. The van der Waals surface area contributed by atoms with E-state index in [0.717, 1.165) is 0 Å². The number of hydrogen-bond acceptors (Lipinski definition) is 3. The standard InChI is InChI=1S/C13H9ClN2O3/c1-2-16-6-9(13(18)19)12(17)8-3-7(5-15)10(14)4-11(8)16/h3-4,6H,2H2,1H3,(H,18,19). The zero-order valence-corrected chi connectivity index (χ0v) is 10.7. The number of pyridine rings is 1. The van der Waals surface area contributed by atoms with E-state index >= 15 is 0 Å². The fourth-order valence-corrected chi connectivity index (χ4v) is 2.11. The predicted molar refractivity (Wildman–Crippen MR) is 70.6 cm³/mol. The molecule has 0 aliphatic carbocycles. The van der Waals surface area contributed by atoms with Crippen LogP contribution in [0.1, 0.15) is 22.8 Å². The van der Waals surface area contributed by atoms with Crippen molar-refractivity contribution in [3.05, 3.63) is 44.7 Å². The van der Waals surface area contributed by atoms with Crippen LogP contribution in [0.4, 0.5) is 0 Å². The van der Waals surface area contributed by atoms with E-state index in [1.54, 1.807) is 4.57 Å². The summed E-state index contributed by atoms with van der Waals surface area (Å²) in [6, 6.07) is 4.71. The first-order valence-electron chi connectivity index (χ1n) is 5.49. The van der Waals surface area contributed by atoms with Gasteiger partial charge in [0.05, 0.1) is 16.1 Å². The monoisotopic (exact) mass is 276 g/mol. The highest BCUT2D eigenvalue weighted by molar-refractivity contribution is 6.32. The van der Waals surface area contributed by atoms with Crippen molar-refractivity contribution in [3.8, 4) is 6.07 Å². The van der Waals surface area contributed by atoms with Crippen LogP contribution >= 0.6 is 11.6 Å². The number of nitriles is 1. The van der Waals surface area contributed by atoms with Gasteiger partial charge in [-0.1, -0.05) is 11.6 Å². The van der Waals surface area contributed by atoms with Crippen LogP contribution in [0.25, 0.3) is 10.9 Å². The average molecular weight is 277 g/mol. The van der Waals surface area contributed by atoms with Crippen LogP contribution in [0, 0.1) is 11.3 Å². The molecule has 0 unspecified atom stereocenters. The predicted octanol–water partition coefficient (Wildman–Crippen LogP) is 2.24. The van der Waals surface area contributed by atoms with Gasteiger partial charge in [0.2, 0.25) is 5.43 Å². The first-order chi connectivity index (χ1) is 8.99. The highest BCUT2D eigenvalue weighted by Crippen LogP contribution is 2.22. The van der Waals surface area contributed by atoms with Gasteiger partial charge in [0.1, 0.15) is 11.6 Å². The molecular formula is C13H9ClN2O3. The van der Waals surface area contributed by atoms with Gasteiger partial charge in [-0.15, -0.1) is 0 Å². The van der Waals surface area contributed by atoms with Gasteiger partial charge in [-0.2, -0.15) is 5.26 Å². The summed E-state index contributed by atoms with van der Waals surface area (Å²) < 4.78 is 1.62. The van der Waals surface area contributed by atoms with Crippen molar-refractivity contribution in [3.63, 3.8) is 0 Å². The van der Waals surface area contributed by atoms with E-state index in [-0.39, 0.29) is 21.5 Å². The van der Waals surface area contributed by atoms with Crippen LogP contribution in [0.15, 0.2) is 23.1 Å². The zero-order chi connectivity index (χ0) is 14.2. The van der Waals surface area contributed by atoms with Crippen LogP contribution in [-0.4, -0.2) is 15.6 Å². The fraction of sp³-hybridized carbons (Fsp3) is 0.154. The molecule has 0 saturated heterocycles. The maximum absolute atomic E-state index is 12.1. The van der Waals surface area contributed by atoms with E-state index in [0.29, 0.717) is 12.1 Å². The SMILES string of the molecule is CCn1cc(C(=O)O)c(=O)c2cc(C#N)c(Cl)cc21. The molecule has 1 N–H and O–H groups in total. The van der Waals surface area contributed by atoms with Gasteiger partial charge in [-0.05, 0) is 19.1 Å². The van der Waals surface area contributed by atoms with Crippen LogP contribution in [-0.2, 0) is 6.54 Å². The molecule has 0 radical (unpaired) electrons. The lowest BCUT2D eigenvalue weighted by atomic mass is 10.1. The molecule has 2 rings (SSSR count). The van der Waals surface area contributed by atoms with Crippen molar-refractivity contribution in [1.29, 1.82) is 5.26 Å². The minimum atomic E-state index is -1.29. The highest BCUT2D eigenvalue weighted by Gasteiger charge is 2.15. The zero-order valence-electron chi connectivity index (χ0n) is 9.98. The number of rotatable bonds is 2. The Kier molecular flexibility index (Phi) is 3.28. The lowest BCUT2D eigenvalue weighted by molar-refractivity contribution is 0.0695. The molecule has 1 heterocycles. The van der Waals surface area contributed by atoms with Crippen molar-refractivity contribution in [2.75, 3.05) is 0 Å². The first-order valence-corrected chi connectivity index (χ1v) is 5.87. The number of aromatic nitrogens is 1. The third kappa shape index (κ3) is 2.07. The van der Waals surface area contributed by atoms with E-state index in [4.69, 9.17) is 22.0 Å². The summed E-state index contributed by atoms with van der Waals surface area (Å²) in [5.74, 6) is -1.29. The topological polar surface area (TPSA) is 83.1 Å². The number of hydrogen-bond donors (Lipinski definition) is 1. The Hall–Kier alpha value is -2.32. The Labute approximate surface area is 113 Å². The molecule has 0 aliphatic heterocycles. The average Bonchev–Trinajstić information content (AvgIpc) is 2.38. The van der Waals surface area contributed by atoms with Crippen LogP contribution < -0.4 is 5.43 Å². The number of fused-ring (bicyclic) bond motifs is 1. The molecule has 1 aromatic carbocycles. The lowest BCUT2D eigenvalue weighted by Crippen LogP contribution is -2.18. The number of halogens is 1. The molecule has 0 saturated carbocycles. The molecule has 5 nitrogen and oxygen atoms in total. The Bertz CT molecular complexity index is 787. The van der Waals surface area contributed by atoms with E-state index < -0.39 is 11.4 Å². The van der Waals surface area contributed by atoms with Crippen LogP contribution in [0.2, 0.25) is 5.02 Å². The van der Waals surface area contributed by atoms with Gasteiger partial charge in [-0.25, -0.2) is 4.79 Å². The molecule has 0 amide bonds. The maximum atomic E-state index is 12.1. The minimum absolute atomic E-state index is 0.149. The summed E-state index contributed by atoms with van der Waals surface area (Å²) in [4.78, 5) is 23.1. The van der Waals surface area contributed by atoms with Crippen LogP contribution in [0.3, 0.4) is 0 Å². The number of aromatic carboxylic acids is 1. The van der Waals surface area contributed by atoms with Gasteiger partial charge in [-0.3, -0.25) is 4.79 Å². The van der Waals surface area contributed by atoms with Gasteiger partial charge >= 0.3 is 5.97 Å². The van der Waals surface area contributed by atoms with E-state index in [2.05, 4.69) is 0 Å². The Morgan fingerprint density at radius 3 is 2.74 bits per heavy atom. The minimum Gasteiger partial charge on any atom is -0.477 e. The molecule has 0 fully saturated rings. The molecule has 2 aromatic rings. The van der Waals surface area contributed by atoms with E-state index in [9.17, 15) is 9.59 Å². The first kappa shape index (κ1) is 13.1. The van der Waals surface area contributed by atoms with E-state index in [1.165, 1.54) is 18.3 Å². The molecule has 96 valence electrons. The summed E-state index contributed by atoms with van der Waals surface area (Å²) in [6.07, 6.45) is 1.29. The Morgan fingerprint density at radius 1 is 1.53 bits per heavy atom. The van der Waals surface area contributed by atoms with Crippen molar-refractivity contribution in [1.82, 2.24) is 4.57 Å².